The molecule has 1 aliphatic carbocycles. The van der Waals surface area contributed by atoms with E-state index in [2.05, 4.69) is 86.8 Å². The standard InChI is InChI=1S/C26H34N6/c1-21-11-13-23(14-12-21)25(31-19-17-30(18-20-31)24-9-5-6-10-24)26-27-28-29-32(26)16-15-22-7-3-2-4-8-22/h2-4,7-8,11-14,24-25H,5-6,9-10,15-20H2,1H3/t25-/m1/s1. The lowest BCUT2D eigenvalue weighted by Crippen LogP contribution is -2.51. The van der Waals surface area contributed by atoms with Gasteiger partial charge in [-0.25, -0.2) is 4.68 Å². The molecule has 2 aromatic carbocycles. The van der Waals surface area contributed by atoms with E-state index in [1.54, 1.807) is 0 Å². The Hall–Kier alpha value is -2.57. The molecule has 6 nitrogen and oxygen atoms in total. The fourth-order valence-electron chi connectivity index (χ4n) is 5.35. The van der Waals surface area contributed by atoms with Gasteiger partial charge in [-0.1, -0.05) is 73.0 Å². The van der Waals surface area contributed by atoms with Crippen LogP contribution in [0.5, 0.6) is 0 Å². The Labute approximate surface area is 191 Å². The minimum Gasteiger partial charge on any atom is -0.298 e. The number of piperazine rings is 1. The van der Waals surface area contributed by atoms with E-state index in [0.717, 1.165) is 51.0 Å². The maximum Gasteiger partial charge on any atom is 0.173 e. The highest BCUT2D eigenvalue weighted by Gasteiger charge is 2.33. The first-order chi connectivity index (χ1) is 15.8. The van der Waals surface area contributed by atoms with Gasteiger partial charge in [0.15, 0.2) is 5.82 Å². The van der Waals surface area contributed by atoms with Gasteiger partial charge in [-0.05, 0) is 47.7 Å². The topological polar surface area (TPSA) is 50.1 Å². The molecule has 0 amide bonds. The molecule has 2 fully saturated rings. The molecule has 5 rings (SSSR count). The Bertz CT molecular complexity index is 969. The van der Waals surface area contributed by atoms with Crippen LogP contribution >= 0.6 is 0 Å². The van der Waals surface area contributed by atoms with Crippen molar-refractivity contribution >= 4 is 0 Å². The first kappa shape index (κ1) is 21.3. The molecule has 0 bridgehead atoms. The van der Waals surface area contributed by atoms with E-state index in [4.69, 9.17) is 0 Å². The van der Waals surface area contributed by atoms with Crippen molar-refractivity contribution < 1.29 is 0 Å². The maximum atomic E-state index is 4.55. The third kappa shape index (κ3) is 4.76. The van der Waals surface area contributed by atoms with Crippen LogP contribution in [0.25, 0.3) is 0 Å². The summed E-state index contributed by atoms with van der Waals surface area (Å²) < 4.78 is 2.01. The summed E-state index contributed by atoms with van der Waals surface area (Å²) in [6, 6.07) is 20.4. The number of aromatic nitrogens is 4. The van der Waals surface area contributed by atoms with E-state index in [0.29, 0.717) is 0 Å². The molecule has 1 saturated carbocycles. The Morgan fingerprint density at radius 3 is 2.34 bits per heavy atom. The third-order valence-electron chi connectivity index (χ3n) is 7.21. The van der Waals surface area contributed by atoms with E-state index in [9.17, 15) is 0 Å². The molecule has 32 heavy (non-hydrogen) atoms. The Morgan fingerprint density at radius 1 is 0.906 bits per heavy atom. The zero-order chi connectivity index (χ0) is 21.8. The summed E-state index contributed by atoms with van der Waals surface area (Å²) in [6.07, 6.45) is 6.47. The Morgan fingerprint density at radius 2 is 1.62 bits per heavy atom. The van der Waals surface area contributed by atoms with Crippen molar-refractivity contribution in [3.05, 3.63) is 77.1 Å². The molecule has 168 valence electrons. The fourth-order valence-corrected chi connectivity index (χ4v) is 5.35. The number of benzene rings is 2. The minimum absolute atomic E-state index is 0.0899. The van der Waals surface area contributed by atoms with Gasteiger partial charge < -0.3 is 0 Å². The Kier molecular flexibility index (Phi) is 6.60. The summed E-state index contributed by atoms with van der Waals surface area (Å²) in [7, 11) is 0. The highest BCUT2D eigenvalue weighted by Crippen LogP contribution is 2.30. The summed E-state index contributed by atoms with van der Waals surface area (Å²) in [5.41, 5.74) is 3.87. The van der Waals surface area contributed by atoms with Gasteiger partial charge in [-0.2, -0.15) is 0 Å². The average molecular weight is 431 g/mol. The van der Waals surface area contributed by atoms with E-state index < -0.39 is 0 Å². The van der Waals surface area contributed by atoms with Crippen LogP contribution in [0.1, 0.15) is 54.2 Å². The lowest BCUT2D eigenvalue weighted by atomic mass is 10.0. The molecule has 2 heterocycles. The zero-order valence-electron chi connectivity index (χ0n) is 19.1. The van der Waals surface area contributed by atoms with Crippen LogP contribution in [-0.2, 0) is 13.0 Å². The van der Waals surface area contributed by atoms with Gasteiger partial charge in [-0.3, -0.25) is 9.80 Å². The molecular weight excluding hydrogens is 396 g/mol. The van der Waals surface area contributed by atoms with Crippen LogP contribution in [0.2, 0.25) is 0 Å². The maximum absolute atomic E-state index is 4.55. The van der Waals surface area contributed by atoms with Crippen LogP contribution in [0.15, 0.2) is 54.6 Å². The van der Waals surface area contributed by atoms with Crippen LogP contribution < -0.4 is 0 Å². The molecular formula is C26H34N6. The largest absolute Gasteiger partial charge is 0.298 e. The van der Waals surface area contributed by atoms with Crippen LogP contribution in [0.4, 0.5) is 0 Å². The van der Waals surface area contributed by atoms with Gasteiger partial charge in [0.2, 0.25) is 0 Å². The number of aryl methyl sites for hydroxylation is 3. The molecule has 0 unspecified atom stereocenters. The molecule has 2 aliphatic rings. The molecule has 3 aromatic rings. The van der Waals surface area contributed by atoms with Crippen molar-refractivity contribution in [3.63, 3.8) is 0 Å². The van der Waals surface area contributed by atoms with Gasteiger partial charge in [0.05, 0.1) is 6.04 Å². The number of nitrogens with zero attached hydrogens (tertiary/aromatic N) is 6. The second-order valence-corrected chi connectivity index (χ2v) is 9.32. The Balaban J connectivity index is 1.36. The van der Waals surface area contributed by atoms with Gasteiger partial charge >= 0.3 is 0 Å². The molecule has 0 N–H and O–H groups in total. The second kappa shape index (κ2) is 9.92. The normalized spacial score (nSPS) is 19.4. The highest BCUT2D eigenvalue weighted by atomic mass is 15.6. The number of rotatable bonds is 7. The first-order valence-corrected chi connectivity index (χ1v) is 12.1. The average Bonchev–Trinajstić information content (AvgIpc) is 3.53. The van der Waals surface area contributed by atoms with Crippen molar-refractivity contribution in [2.24, 2.45) is 0 Å². The molecule has 0 radical (unpaired) electrons. The van der Waals surface area contributed by atoms with E-state index >= 15 is 0 Å². The summed E-state index contributed by atoms with van der Waals surface area (Å²) in [6.45, 7) is 7.32. The second-order valence-electron chi connectivity index (χ2n) is 9.32. The number of hydrogen-bond donors (Lipinski definition) is 0. The van der Waals surface area contributed by atoms with E-state index in [-0.39, 0.29) is 6.04 Å². The van der Waals surface area contributed by atoms with Crippen molar-refractivity contribution in [2.75, 3.05) is 26.2 Å². The molecule has 6 heteroatoms. The van der Waals surface area contributed by atoms with Crippen LogP contribution in [-0.4, -0.2) is 62.2 Å². The summed E-state index contributed by atoms with van der Waals surface area (Å²) in [5.74, 6) is 0.958. The van der Waals surface area contributed by atoms with Crippen molar-refractivity contribution in [1.82, 2.24) is 30.0 Å². The highest BCUT2D eigenvalue weighted by molar-refractivity contribution is 5.28. The van der Waals surface area contributed by atoms with Crippen molar-refractivity contribution in [2.45, 2.75) is 57.7 Å². The molecule has 0 spiro atoms. The van der Waals surface area contributed by atoms with Crippen molar-refractivity contribution in [1.29, 1.82) is 0 Å². The first-order valence-electron chi connectivity index (χ1n) is 12.1. The minimum atomic E-state index is 0.0899. The third-order valence-corrected chi connectivity index (χ3v) is 7.21. The van der Waals surface area contributed by atoms with Gasteiger partial charge in [0.25, 0.3) is 0 Å². The summed E-state index contributed by atoms with van der Waals surface area (Å²) in [5, 5.41) is 13.0. The number of tetrazole rings is 1. The van der Waals surface area contributed by atoms with Gasteiger partial charge in [0.1, 0.15) is 0 Å². The lowest BCUT2D eigenvalue weighted by molar-refractivity contribution is 0.0770. The molecule has 1 atom stereocenters. The lowest BCUT2D eigenvalue weighted by Gasteiger charge is -2.41. The fraction of sp³-hybridized carbons (Fsp3) is 0.500. The van der Waals surface area contributed by atoms with Gasteiger partial charge in [0, 0.05) is 38.8 Å². The van der Waals surface area contributed by atoms with Gasteiger partial charge in [-0.15, -0.1) is 5.10 Å². The van der Waals surface area contributed by atoms with E-state index in [1.807, 2.05) is 4.68 Å². The predicted octanol–water partition coefficient (Wildman–Crippen LogP) is 3.87. The molecule has 1 saturated heterocycles. The zero-order valence-corrected chi connectivity index (χ0v) is 19.1. The monoisotopic (exact) mass is 430 g/mol. The van der Waals surface area contributed by atoms with Crippen LogP contribution in [0.3, 0.4) is 0 Å². The summed E-state index contributed by atoms with van der Waals surface area (Å²) >= 11 is 0. The smallest absolute Gasteiger partial charge is 0.173 e. The molecule has 1 aliphatic heterocycles. The number of hydrogen-bond acceptors (Lipinski definition) is 5. The van der Waals surface area contributed by atoms with E-state index in [1.165, 1.54) is 42.4 Å². The summed E-state index contributed by atoms with van der Waals surface area (Å²) in [4.78, 5) is 5.30. The molecule has 1 aromatic heterocycles. The van der Waals surface area contributed by atoms with Crippen LogP contribution in [0, 0.1) is 6.92 Å². The SMILES string of the molecule is Cc1ccc([C@H](c2nnnn2CCc2ccccc2)N2CCN(C3CCCC3)CC2)cc1. The quantitative estimate of drug-likeness (QED) is 0.569. The van der Waals surface area contributed by atoms with Crippen molar-refractivity contribution in [3.8, 4) is 0 Å². The predicted molar refractivity (Wildman–Crippen MR) is 126 cm³/mol.